The Morgan fingerprint density at radius 2 is 1.68 bits per heavy atom. The van der Waals surface area contributed by atoms with E-state index in [1.54, 1.807) is 48.5 Å². The number of carbonyl (C=O) groups excluding carboxylic acids is 4. The highest BCUT2D eigenvalue weighted by Gasteiger charge is 2.18. The summed E-state index contributed by atoms with van der Waals surface area (Å²) in [7, 11) is 0. The van der Waals surface area contributed by atoms with Gasteiger partial charge in [0.1, 0.15) is 0 Å². The van der Waals surface area contributed by atoms with Crippen molar-refractivity contribution in [3.63, 3.8) is 0 Å². The maximum atomic E-state index is 12.1. The zero-order chi connectivity index (χ0) is 20.5. The fraction of sp³-hybridized carbons (Fsp3) is 0.238. The first-order chi connectivity index (χ1) is 13.3. The van der Waals surface area contributed by atoms with E-state index in [4.69, 9.17) is 4.74 Å². The van der Waals surface area contributed by atoms with Gasteiger partial charge < -0.3 is 15.4 Å². The maximum Gasteiger partial charge on any atom is 0.308 e. The lowest BCUT2D eigenvalue weighted by atomic mass is 10.0. The van der Waals surface area contributed by atoms with E-state index in [0.717, 1.165) is 5.56 Å². The van der Waals surface area contributed by atoms with Crippen molar-refractivity contribution in [1.82, 2.24) is 5.32 Å². The zero-order valence-electron chi connectivity index (χ0n) is 15.7. The van der Waals surface area contributed by atoms with Crippen LogP contribution in [0.1, 0.15) is 42.2 Å². The van der Waals surface area contributed by atoms with Crippen LogP contribution in [0.25, 0.3) is 0 Å². The van der Waals surface area contributed by atoms with Gasteiger partial charge in [-0.15, -0.1) is 0 Å². The highest BCUT2D eigenvalue weighted by Crippen LogP contribution is 2.17. The lowest BCUT2D eigenvalue weighted by Gasteiger charge is -2.17. The van der Waals surface area contributed by atoms with Crippen molar-refractivity contribution >= 4 is 29.3 Å². The molecule has 2 amide bonds. The molecule has 0 radical (unpaired) electrons. The van der Waals surface area contributed by atoms with Crippen molar-refractivity contribution in [2.24, 2.45) is 0 Å². The predicted molar refractivity (Wildman–Crippen MR) is 104 cm³/mol. The third-order valence-electron chi connectivity index (χ3n) is 3.87. The molecule has 0 aliphatic carbocycles. The minimum atomic E-state index is -0.616. The van der Waals surface area contributed by atoms with Crippen LogP contribution in [0.3, 0.4) is 0 Å². The average Bonchev–Trinajstić information content (AvgIpc) is 2.66. The van der Waals surface area contributed by atoms with Crippen LogP contribution in [0.15, 0.2) is 54.6 Å². The fourth-order valence-electron chi connectivity index (χ4n) is 2.57. The van der Waals surface area contributed by atoms with Gasteiger partial charge in [-0.1, -0.05) is 42.5 Å². The van der Waals surface area contributed by atoms with E-state index in [1.165, 1.54) is 13.8 Å². The molecule has 28 heavy (non-hydrogen) atoms. The van der Waals surface area contributed by atoms with E-state index in [1.807, 2.05) is 6.07 Å². The van der Waals surface area contributed by atoms with E-state index in [-0.39, 0.29) is 18.1 Å². The van der Waals surface area contributed by atoms with Gasteiger partial charge in [-0.05, 0) is 24.6 Å². The van der Waals surface area contributed by atoms with Crippen molar-refractivity contribution in [2.75, 3.05) is 11.9 Å². The highest BCUT2D eigenvalue weighted by atomic mass is 16.5. The number of hydrogen-bond acceptors (Lipinski definition) is 5. The number of Topliss-reactive ketones (excluding diaryl/α,β-unsaturated/α-hetero) is 1. The summed E-state index contributed by atoms with van der Waals surface area (Å²) < 4.78 is 5.02. The number of nitrogens with one attached hydrogen (secondary N) is 2. The normalized spacial score (nSPS) is 11.2. The first-order valence-electron chi connectivity index (χ1n) is 8.73. The Morgan fingerprint density at radius 3 is 2.32 bits per heavy atom. The number of amides is 2. The molecule has 7 nitrogen and oxygen atoms in total. The number of esters is 1. The Balaban J connectivity index is 1.89. The summed E-state index contributed by atoms with van der Waals surface area (Å²) in [5, 5.41) is 5.27. The van der Waals surface area contributed by atoms with Gasteiger partial charge in [0.15, 0.2) is 12.4 Å². The number of hydrogen-bond donors (Lipinski definition) is 2. The Bertz CT molecular complexity index is 864. The topological polar surface area (TPSA) is 102 Å². The van der Waals surface area contributed by atoms with Crippen molar-refractivity contribution < 1.29 is 23.9 Å². The summed E-state index contributed by atoms with van der Waals surface area (Å²) in [6, 6.07) is 15.0. The monoisotopic (exact) mass is 382 g/mol. The molecular formula is C21H22N2O5. The summed E-state index contributed by atoms with van der Waals surface area (Å²) >= 11 is 0. The number of rotatable bonds is 8. The number of anilines is 1. The Morgan fingerprint density at radius 1 is 0.964 bits per heavy atom. The van der Waals surface area contributed by atoms with Crippen molar-refractivity contribution in [1.29, 1.82) is 0 Å². The van der Waals surface area contributed by atoms with Gasteiger partial charge in [0.2, 0.25) is 5.91 Å². The summed E-state index contributed by atoms with van der Waals surface area (Å²) in [6.07, 6.45) is -0.101. The molecule has 0 bridgehead atoms. The Hall–Kier alpha value is -3.48. The fourth-order valence-corrected chi connectivity index (χ4v) is 2.57. The van der Waals surface area contributed by atoms with Gasteiger partial charge in [-0.2, -0.15) is 0 Å². The van der Waals surface area contributed by atoms with Crippen LogP contribution in [-0.4, -0.2) is 30.2 Å². The molecule has 0 saturated heterocycles. The first kappa shape index (κ1) is 20.8. The highest BCUT2D eigenvalue weighted by molar-refractivity contribution is 5.97. The standard InChI is InChI=1S/C21H22N2O5/c1-14(24)17-9-6-10-18(11-17)23-20(26)13-28-21(27)12-19(22-15(2)25)16-7-4-3-5-8-16/h3-11,19H,12-13H2,1-2H3,(H,22,25)(H,23,26)/t19-/m1/s1. The second kappa shape index (κ2) is 10.0. The minimum absolute atomic E-state index is 0.101. The predicted octanol–water partition coefficient (Wildman–Crippen LogP) is 2.64. The van der Waals surface area contributed by atoms with Gasteiger partial charge in [0.25, 0.3) is 5.91 Å². The van der Waals surface area contributed by atoms with Gasteiger partial charge in [0, 0.05) is 18.2 Å². The quantitative estimate of drug-likeness (QED) is 0.540. The van der Waals surface area contributed by atoms with Gasteiger partial charge in [-0.3, -0.25) is 19.2 Å². The smallest absolute Gasteiger partial charge is 0.308 e. The molecule has 0 spiro atoms. The molecule has 0 aliphatic heterocycles. The summed E-state index contributed by atoms with van der Waals surface area (Å²) in [4.78, 5) is 46.9. The van der Waals surface area contributed by atoms with Crippen LogP contribution in [0, 0.1) is 0 Å². The van der Waals surface area contributed by atoms with E-state index >= 15 is 0 Å². The molecule has 0 saturated carbocycles. The third-order valence-corrected chi connectivity index (χ3v) is 3.87. The summed E-state index contributed by atoms with van der Waals surface area (Å²) in [6.45, 7) is 2.33. The number of carbonyl (C=O) groups is 4. The van der Waals surface area contributed by atoms with E-state index in [9.17, 15) is 19.2 Å². The lowest BCUT2D eigenvalue weighted by molar-refractivity contribution is -0.148. The second-order valence-electron chi connectivity index (χ2n) is 6.21. The van der Waals surface area contributed by atoms with Crippen LogP contribution >= 0.6 is 0 Å². The minimum Gasteiger partial charge on any atom is -0.455 e. The van der Waals surface area contributed by atoms with Crippen molar-refractivity contribution in [2.45, 2.75) is 26.3 Å². The van der Waals surface area contributed by atoms with Crippen LogP contribution in [-0.2, 0) is 19.1 Å². The molecule has 146 valence electrons. The molecule has 7 heteroatoms. The lowest BCUT2D eigenvalue weighted by Crippen LogP contribution is -2.29. The molecule has 0 aromatic heterocycles. The van der Waals surface area contributed by atoms with Crippen LogP contribution in [0.2, 0.25) is 0 Å². The van der Waals surface area contributed by atoms with Gasteiger partial charge in [-0.25, -0.2) is 0 Å². The zero-order valence-corrected chi connectivity index (χ0v) is 15.7. The average molecular weight is 382 g/mol. The van der Waals surface area contributed by atoms with Crippen LogP contribution < -0.4 is 10.6 Å². The number of benzene rings is 2. The van der Waals surface area contributed by atoms with Crippen LogP contribution in [0.4, 0.5) is 5.69 Å². The molecule has 0 heterocycles. The van der Waals surface area contributed by atoms with Crippen LogP contribution in [0.5, 0.6) is 0 Å². The van der Waals surface area contributed by atoms with Crippen molar-refractivity contribution in [3.05, 3.63) is 65.7 Å². The Kier molecular flexibility index (Phi) is 7.45. The Labute approximate surface area is 163 Å². The summed E-state index contributed by atoms with van der Waals surface area (Å²) in [5.41, 5.74) is 1.67. The molecule has 1 atom stereocenters. The molecule has 0 fully saturated rings. The first-order valence-corrected chi connectivity index (χ1v) is 8.73. The van der Waals surface area contributed by atoms with Gasteiger partial charge >= 0.3 is 5.97 Å². The molecule has 2 rings (SSSR count). The maximum absolute atomic E-state index is 12.1. The SMILES string of the molecule is CC(=O)N[C@H](CC(=O)OCC(=O)Nc1cccc(C(C)=O)c1)c1ccccc1. The number of ketones is 1. The van der Waals surface area contributed by atoms with Gasteiger partial charge in [0.05, 0.1) is 12.5 Å². The largest absolute Gasteiger partial charge is 0.455 e. The number of ether oxygens (including phenoxy) is 1. The molecule has 0 unspecified atom stereocenters. The second-order valence-corrected chi connectivity index (χ2v) is 6.21. The molecule has 2 N–H and O–H groups in total. The summed E-state index contributed by atoms with van der Waals surface area (Å²) in [5.74, 6) is -1.53. The third kappa shape index (κ3) is 6.68. The molecule has 2 aromatic carbocycles. The van der Waals surface area contributed by atoms with Crippen molar-refractivity contribution in [3.8, 4) is 0 Å². The molecular weight excluding hydrogens is 360 g/mol. The van der Waals surface area contributed by atoms with E-state index in [0.29, 0.717) is 11.3 Å². The molecule has 0 aliphatic rings. The molecule has 2 aromatic rings. The van der Waals surface area contributed by atoms with E-state index in [2.05, 4.69) is 10.6 Å². The van der Waals surface area contributed by atoms with E-state index < -0.39 is 24.5 Å².